The predicted octanol–water partition coefficient (Wildman–Crippen LogP) is 5.42. The number of nitrogens with one attached hydrogen (secondary N) is 1. The lowest BCUT2D eigenvalue weighted by Gasteiger charge is -2.51. The van der Waals surface area contributed by atoms with E-state index in [1.807, 2.05) is 54.7 Å². The first-order valence-corrected chi connectivity index (χ1v) is 13.6. The number of pyridine rings is 1. The SMILES string of the molecule is CN1C[C@@H]2CC[C@H]1CN2c1ccc(-c2ccnc3c(-c4cccc5[nH]ncc45)c(-c4ccncc4)nn23)c(F)c1. The fraction of sp³-hybridized carbons (Fsp3) is 0.226. The number of likely N-dealkylation sites (N-methyl/N-ethyl adjacent to an activating group) is 1. The molecule has 8 nitrogen and oxygen atoms in total. The number of anilines is 1. The number of piperidine rings is 2. The minimum Gasteiger partial charge on any atom is -0.366 e. The molecule has 40 heavy (non-hydrogen) atoms. The van der Waals surface area contributed by atoms with Crippen LogP contribution in [0, 0.1) is 5.82 Å². The van der Waals surface area contributed by atoms with Gasteiger partial charge in [0.2, 0.25) is 0 Å². The van der Waals surface area contributed by atoms with E-state index in [1.54, 1.807) is 29.2 Å². The largest absolute Gasteiger partial charge is 0.366 e. The van der Waals surface area contributed by atoms with Gasteiger partial charge in [0.05, 0.1) is 23.0 Å². The van der Waals surface area contributed by atoms with Crippen molar-refractivity contribution in [1.29, 1.82) is 0 Å². The second-order valence-corrected chi connectivity index (χ2v) is 10.8. The number of aromatic nitrogens is 6. The standard InChI is InChI=1S/C31H27FN8/c1-38-17-22-6-5-21(38)18-39(22)20-7-8-24(26(32)15-20)28-11-14-34-31-29(23-3-2-4-27-25(23)16-35-36-27)30(37-40(28)31)19-9-12-33-13-10-19/h2-4,7-16,21-22H,5-6,17-18H2,1H3,(H,35,36)/t21-,22-/m0/s1. The van der Waals surface area contributed by atoms with Gasteiger partial charge in [-0.25, -0.2) is 13.9 Å². The zero-order chi connectivity index (χ0) is 26.8. The van der Waals surface area contributed by atoms with Gasteiger partial charge < -0.3 is 4.90 Å². The molecule has 7 heterocycles. The summed E-state index contributed by atoms with van der Waals surface area (Å²) in [7, 11) is 2.19. The zero-order valence-electron chi connectivity index (χ0n) is 22.0. The van der Waals surface area contributed by atoms with Crippen molar-refractivity contribution in [3.63, 3.8) is 0 Å². The average Bonchev–Trinajstić information content (AvgIpc) is 3.63. The molecule has 4 aromatic heterocycles. The smallest absolute Gasteiger partial charge is 0.164 e. The van der Waals surface area contributed by atoms with Crippen LogP contribution in [-0.2, 0) is 0 Å². The fourth-order valence-corrected chi connectivity index (χ4v) is 6.54. The lowest BCUT2D eigenvalue weighted by atomic mass is 9.90. The molecule has 2 atom stereocenters. The quantitative estimate of drug-likeness (QED) is 0.328. The second kappa shape index (κ2) is 8.96. The molecule has 3 aliphatic rings. The maximum absolute atomic E-state index is 15.9. The molecule has 9 heteroatoms. The van der Waals surface area contributed by atoms with Crippen LogP contribution in [-0.4, -0.2) is 66.9 Å². The van der Waals surface area contributed by atoms with Crippen LogP contribution in [0.25, 0.3) is 50.2 Å². The Morgan fingerprint density at radius 1 is 0.925 bits per heavy atom. The van der Waals surface area contributed by atoms with E-state index in [4.69, 9.17) is 10.1 Å². The Labute approximate surface area is 230 Å². The van der Waals surface area contributed by atoms with Crippen molar-refractivity contribution < 1.29 is 4.39 Å². The monoisotopic (exact) mass is 530 g/mol. The Bertz CT molecular complexity index is 1880. The summed E-state index contributed by atoms with van der Waals surface area (Å²) in [6.07, 6.45) is 9.41. The molecule has 3 aliphatic heterocycles. The lowest BCUT2D eigenvalue weighted by Crippen LogP contribution is -2.61. The van der Waals surface area contributed by atoms with Crippen molar-refractivity contribution in [2.24, 2.45) is 0 Å². The van der Waals surface area contributed by atoms with Gasteiger partial charge in [0.1, 0.15) is 11.5 Å². The van der Waals surface area contributed by atoms with Gasteiger partial charge in [-0.3, -0.25) is 15.0 Å². The van der Waals surface area contributed by atoms with Crippen molar-refractivity contribution >= 4 is 22.2 Å². The van der Waals surface area contributed by atoms with Crippen LogP contribution in [0.4, 0.5) is 10.1 Å². The summed E-state index contributed by atoms with van der Waals surface area (Å²) in [6.45, 7) is 1.97. The van der Waals surface area contributed by atoms with Gasteiger partial charge in [0.15, 0.2) is 5.65 Å². The molecular formula is C31H27FN8. The molecule has 2 bridgehead atoms. The number of hydrogen-bond acceptors (Lipinski definition) is 6. The number of H-pyrrole nitrogens is 1. The zero-order valence-corrected chi connectivity index (χ0v) is 22.0. The van der Waals surface area contributed by atoms with Crippen molar-refractivity contribution in [3.8, 4) is 33.6 Å². The molecule has 6 aromatic rings. The topological polar surface area (TPSA) is 78.2 Å². The molecule has 0 amide bonds. The van der Waals surface area contributed by atoms with Crippen molar-refractivity contribution in [2.45, 2.75) is 24.9 Å². The van der Waals surface area contributed by atoms with E-state index in [9.17, 15) is 0 Å². The molecule has 2 aromatic carbocycles. The molecule has 0 radical (unpaired) electrons. The fourth-order valence-electron chi connectivity index (χ4n) is 6.54. The van der Waals surface area contributed by atoms with E-state index >= 15 is 4.39 Å². The van der Waals surface area contributed by atoms with Crippen LogP contribution in [0.2, 0.25) is 0 Å². The van der Waals surface area contributed by atoms with Crippen LogP contribution < -0.4 is 4.90 Å². The van der Waals surface area contributed by atoms with Crippen LogP contribution in [0.3, 0.4) is 0 Å². The highest BCUT2D eigenvalue weighted by Crippen LogP contribution is 2.40. The summed E-state index contributed by atoms with van der Waals surface area (Å²) < 4.78 is 17.7. The Hall–Kier alpha value is -4.63. The molecule has 1 N–H and O–H groups in total. The third-order valence-electron chi connectivity index (χ3n) is 8.59. The molecule has 3 fully saturated rings. The maximum Gasteiger partial charge on any atom is 0.164 e. The number of rotatable bonds is 4. The average molecular weight is 531 g/mol. The summed E-state index contributed by atoms with van der Waals surface area (Å²) in [5.74, 6) is -0.265. The van der Waals surface area contributed by atoms with Gasteiger partial charge in [0, 0.05) is 66.0 Å². The first kappa shape index (κ1) is 23.3. The predicted molar refractivity (Wildman–Crippen MR) is 153 cm³/mol. The molecular weight excluding hydrogens is 503 g/mol. The minimum absolute atomic E-state index is 0.265. The molecule has 9 rings (SSSR count). The Kier molecular flexibility index (Phi) is 5.21. The van der Waals surface area contributed by atoms with E-state index < -0.39 is 0 Å². The number of piperazine rings is 1. The molecule has 198 valence electrons. The number of hydrogen-bond donors (Lipinski definition) is 1. The van der Waals surface area contributed by atoms with Crippen LogP contribution in [0.15, 0.2) is 79.4 Å². The minimum atomic E-state index is -0.265. The Balaban J connectivity index is 1.29. The van der Waals surface area contributed by atoms with Gasteiger partial charge in [0.25, 0.3) is 0 Å². The highest BCUT2D eigenvalue weighted by atomic mass is 19.1. The normalized spacial score (nSPS) is 19.2. The molecule has 3 saturated heterocycles. The van der Waals surface area contributed by atoms with Gasteiger partial charge in [-0.1, -0.05) is 12.1 Å². The van der Waals surface area contributed by atoms with Crippen molar-refractivity contribution in [3.05, 3.63) is 85.2 Å². The number of fused-ring (bicyclic) bond motifs is 5. The van der Waals surface area contributed by atoms with Crippen LogP contribution in [0.5, 0.6) is 0 Å². The number of aromatic amines is 1. The summed E-state index contributed by atoms with van der Waals surface area (Å²) in [4.78, 5) is 13.8. The van der Waals surface area contributed by atoms with E-state index in [-0.39, 0.29) is 5.82 Å². The Morgan fingerprint density at radius 2 is 1.80 bits per heavy atom. The summed E-state index contributed by atoms with van der Waals surface area (Å²) in [6, 6.07) is 18.3. The van der Waals surface area contributed by atoms with Gasteiger partial charge >= 0.3 is 0 Å². The van der Waals surface area contributed by atoms with Crippen LogP contribution in [0.1, 0.15) is 12.8 Å². The molecule has 0 aliphatic carbocycles. The Morgan fingerprint density at radius 3 is 2.60 bits per heavy atom. The van der Waals surface area contributed by atoms with Gasteiger partial charge in [-0.15, -0.1) is 0 Å². The molecule has 0 saturated carbocycles. The third kappa shape index (κ3) is 3.54. The van der Waals surface area contributed by atoms with E-state index in [2.05, 4.69) is 32.0 Å². The first-order valence-electron chi connectivity index (χ1n) is 13.6. The maximum atomic E-state index is 15.9. The van der Waals surface area contributed by atoms with Crippen LogP contribution >= 0.6 is 0 Å². The van der Waals surface area contributed by atoms with Crippen molar-refractivity contribution in [2.75, 3.05) is 25.0 Å². The molecule has 0 spiro atoms. The second-order valence-electron chi connectivity index (χ2n) is 10.8. The van der Waals surface area contributed by atoms with E-state index in [1.165, 1.54) is 6.42 Å². The summed E-state index contributed by atoms with van der Waals surface area (Å²) in [5.41, 5.74) is 7.14. The highest BCUT2D eigenvalue weighted by Gasteiger charge is 2.37. The third-order valence-corrected chi connectivity index (χ3v) is 8.59. The van der Waals surface area contributed by atoms with Crippen molar-refractivity contribution in [1.82, 2.24) is 34.7 Å². The lowest BCUT2D eigenvalue weighted by molar-refractivity contribution is 0.125. The first-order chi connectivity index (χ1) is 19.7. The number of benzene rings is 2. The number of nitrogens with zero attached hydrogens (tertiary/aromatic N) is 7. The van der Waals surface area contributed by atoms with Gasteiger partial charge in [-0.05, 0) is 67.9 Å². The summed E-state index contributed by atoms with van der Waals surface area (Å²) in [5, 5.41) is 13.3. The van der Waals surface area contributed by atoms with E-state index in [0.717, 1.165) is 58.5 Å². The van der Waals surface area contributed by atoms with Gasteiger partial charge in [-0.2, -0.15) is 10.2 Å². The summed E-state index contributed by atoms with van der Waals surface area (Å²) >= 11 is 0. The highest BCUT2D eigenvalue weighted by molar-refractivity contribution is 6.02. The van der Waals surface area contributed by atoms with E-state index in [0.29, 0.717) is 29.0 Å². The number of halogens is 1. The molecule has 0 unspecified atom stereocenters.